The number of hydrogen-bond acceptors (Lipinski definition) is 6. The summed E-state index contributed by atoms with van der Waals surface area (Å²) in [6.45, 7) is 6.86. The molecule has 20 heavy (non-hydrogen) atoms. The van der Waals surface area contributed by atoms with Crippen molar-refractivity contribution in [3.8, 4) is 5.88 Å². The highest BCUT2D eigenvalue weighted by Crippen LogP contribution is 2.16. The zero-order valence-corrected chi connectivity index (χ0v) is 12.8. The number of carbonyl (C=O) groups is 1. The minimum atomic E-state index is -0.244. The highest BCUT2D eigenvalue weighted by Gasteiger charge is 2.17. The van der Waals surface area contributed by atoms with E-state index in [4.69, 9.17) is 9.47 Å². The topological polar surface area (TPSA) is 64.5 Å². The first-order valence-electron chi connectivity index (χ1n) is 6.75. The van der Waals surface area contributed by atoms with Crippen molar-refractivity contribution in [2.45, 2.75) is 27.2 Å². The maximum absolute atomic E-state index is 11.4. The van der Waals surface area contributed by atoms with Gasteiger partial charge in [-0.05, 0) is 13.3 Å². The molecule has 1 unspecified atom stereocenters. The first-order valence-corrected chi connectivity index (χ1v) is 6.75. The monoisotopic (exact) mass is 281 g/mol. The second-order valence-electron chi connectivity index (χ2n) is 4.80. The van der Waals surface area contributed by atoms with E-state index in [1.807, 2.05) is 32.7 Å². The van der Waals surface area contributed by atoms with E-state index in [0.29, 0.717) is 25.0 Å². The lowest BCUT2D eigenvalue weighted by molar-refractivity contribution is -0.144. The minimum absolute atomic E-state index is 0.242. The molecule has 0 spiro atoms. The number of aryl methyl sites for hydroxylation is 1. The molecule has 0 aromatic carbocycles. The number of esters is 1. The third-order valence-corrected chi connectivity index (χ3v) is 2.77. The number of hydrogen-bond donors (Lipinski definition) is 0. The summed E-state index contributed by atoms with van der Waals surface area (Å²) < 4.78 is 10.2. The maximum atomic E-state index is 11.4. The molecule has 0 saturated carbocycles. The van der Waals surface area contributed by atoms with Gasteiger partial charge in [0.25, 0.3) is 0 Å². The van der Waals surface area contributed by atoms with Crippen molar-refractivity contribution >= 4 is 11.9 Å². The fourth-order valence-corrected chi connectivity index (χ4v) is 1.74. The molecule has 1 rings (SSSR count). The minimum Gasteiger partial charge on any atom is -0.478 e. The van der Waals surface area contributed by atoms with E-state index in [-0.39, 0.29) is 11.9 Å². The van der Waals surface area contributed by atoms with Gasteiger partial charge in [0.15, 0.2) is 0 Å². The molecule has 0 amide bonds. The molecule has 0 N–H and O–H groups in total. The van der Waals surface area contributed by atoms with E-state index in [1.165, 1.54) is 7.11 Å². The van der Waals surface area contributed by atoms with Gasteiger partial charge in [0, 0.05) is 25.4 Å². The number of rotatable bonds is 7. The zero-order chi connectivity index (χ0) is 15.1. The van der Waals surface area contributed by atoms with Gasteiger partial charge in [-0.3, -0.25) is 4.79 Å². The molecule has 1 aromatic rings. The SMILES string of the molecule is CCCOc1cc(C)nc(N(C)CC(C)C(=O)OC)n1. The predicted molar refractivity (Wildman–Crippen MR) is 77.0 cm³/mol. The molecular weight excluding hydrogens is 258 g/mol. The van der Waals surface area contributed by atoms with Crippen LogP contribution in [0.2, 0.25) is 0 Å². The van der Waals surface area contributed by atoms with Gasteiger partial charge in [-0.1, -0.05) is 13.8 Å². The Kier molecular flexibility index (Phi) is 6.21. The van der Waals surface area contributed by atoms with Gasteiger partial charge in [0.2, 0.25) is 11.8 Å². The summed E-state index contributed by atoms with van der Waals surface area (Å²) in [6.07, 6.45) is 0.924. The van der Waals surface area contributed by atoms with Crippen LogP contribution in [0.1, 0.15) is 26.0 Å². The third-order valence-electron chi connectivity index (χ3n) is 2.77. The van der Waals surface area contributed by atoms with Gasteiger partial charge >= 0.3 is 5.97 Å². The van der Waals surface area contributed by atoms with Gasteiger partial charge in [-0.25, -0.2) is 4.98 Å². The number of ether oxygens (including phenoxy) is 2. The molecule has 0 radical (unpaired) electrons. The Balaban J connectivity index is 2.78. The Morgan fingerprint density at radius 1 is 1.45 bits per heavy atom. The summed E-state index contributed by atoms with van der Waals surface area (Å²) in [7, 11) is 3.23. The quantitative estimate of drug-likeness (QED) is 0.710. The van der Waals surface area contributed by atoms with Crippen LogP contribution in [-0.4, -0.2) is 43.2 Å². The highest BCUT2D eigenvalue weighted by atomic mass is 16.5. The summed E-state index contributed by atoms with van der Waals surface area (Å²) in [6, 6.07) is 1.80. The van der Waals surface area contributed by atoms with Crippen LogP contribution in [0.4, 0.5) is 5.95 Å². The smallest absolute Gasteiger partial charge is 0.310 e. The number of nitrogens with zero attached hydrogens (tertiary/aromatic N) is 3. The molecule has 0 saturated heterocycles. The van der Waals surface area contributed by atoms with Crippen molar-refractivity contribution < 1.29 is 14.3 Å². The van der Waals surface area contributed by atoms with E-state index in [2.05, 4.69) is 9.97 Å². The molecule has 0 fully saturated rings. The van der Waals surface area contributed by atoms with E-state index in [0.717, 1.165) is 12.1 Å². The standard InChI is InChI=1S/C14H23N3O3/c1-6-7-20-12-8-11(3)15-14(16-12)17(4)9-10(2)13(18)19-5/h8,10H,6-7,9H2,1-5H3. The summed E-state index contributed by atoms with van der Waals surface area (Å²) >= 11 is 0. The Labute approximate surface area is 120 Å². The molecule has 6 heteroatoms. The van der Waals surface area contributed by atoms with Crippen LogP contribution in [0, 0.1) is 12.8 Å². The van der Waals surface area contributed by atoms with Crippen LogP contribution < -0.4 is 9.64 Å². The summed E-state index contributed by atoms with van der Waals surface area (Å²) in [5.74, 6) is 0.625. The Morgan fingerprint density at radius 2 is 2.15 bits per heavy atom. The molecule has 112 valence electrons. The molecule has 1 atom stereocenters. The second-order valence-corrected chi connectivity index (χ2v) is 4.80. The van der Waals surface area contributed by atoms with Crippen molar-refractivity contribution in [2.75, 3.05) is 32.2 Å². The lowest BCUT2D eigenvalue weighted by atomic mass is 10.2. The van der Waals surface area contributed by atoms with E-state index in [1.54, 1.807) is 6.07 Å². The Hall–Kier alpha value is -1.85. The maximum Gasteiger partial charge on any atom is 0.310 e. The van der Waals surface area contributed by atoms with Gasteiger partial charge in [-0.15, -0.1) is 0 Å². The van der Waals surface area contributed by atoms with Crippen LogP contribution in [0.5, 0.6) is 5.88 Å². The Morgan fingerprint density at radius 3 is 2.75 bits per heavy atom. The van der Waals surface area contributed by atoms with Crippen LogP contribution in [0.3, 0.4) is 0 Å². The van der Waals surface area contributed by atoms with Gasteiger partial charge in [0.05, 0.1) is 19.6 Å². The van der Waals surface area contributed by atoms with Gasteiger partial charge in [0.1, 0.15) is 0 Å². The fourth-order valence-electron chi connectivity index (χ4n) is 1.74. The predicted octanol–water partition coefficient (Wildman–Crippen LogP) is 1.82. The lowest BCUT2D eigenvalue weighted by Crippen LogP contribution is -2.30. The van der Waals surface area contributed by atoms with E-state index < -0.39 is 0 Å². The second kappa shape index (κ2) is 7.67. The van der Waals surface area contributed by atoms with Crippen molar-refractivity contribution in [1.29, 1.82) is 0 Å². The molecule has 0 aliphatic carbocycles. The zero-order valence-electron chi connectivity index (χ0n) is 12.8. The largest absolute Gasteiger partial charge is 0.478 e. The van der Waals surface area contributed by atoms with Crippen LogP contribution >= 0.6 is 0 Å². The van der Waals surface area contributed by atoms with Crippen molar-refractivity contribution in [2.24, 2.45) is 5.92 Å². The van der Waals surface area contributed by atoms with Crippen molar-refractivity contribution in [3.63, 3.8) is 0 Å². The molecular formula is C14H23N3O3. The van der Waals surface area contributed by atoms with E-state index in [9.17, 15) is 4.79 Å². The average molecular weight is 281 g/mol. The summed E-state index contributed by atoms with van der Waals surface area (Å²) in [5, 5.41) is 0. The third kappa shape index (κ3) is 4.68. The first kappa shape index (κ1) is 16.2. The van der Waals surface area contributed by atoms with Crippen LogP contribution in [0.25, 0.3) is 0 Å². The van der Waals surface area contributed by atoms with Gasteiger partial charge in [-0.2, -0.15) is 4.98 Å². The van der Waals surface area contributed by atoms with Crippen LogP contribution in [0.15, 0.2) is 6.07 Å². The average Bonchev–Trinajstić information content (AvgIpc) is 2.43. The molecule has 0 aliphatic rings. The lowest BCUT2D eigenvalue weighted by Gasteiger charge is -2.21. The molecule has 1 heterocycles. The van der Waals surface area contributed by atoms with Crippen LogP contribution in [-0.2, 0) is 9.53 Å². The molecule has 6 nitrogen and oxygen atoms in total. The highest BCUT2D eigenvalue weighted by molar-refractivity contribution is 5.72. The fraction of sp³-hybridized carbons (Fsp3) is 0.643. The Bertz CT molecular complexity index is 451. The van der Waals surface area contributed by atoms with Crippen molar-refractivity contribution in [1.82, 2.24) is 9.97 Å². The number of carbonyl (C=O) groups excluding carboxylic acids is 1. The normalized spacial score (nSPS) is 11.8. The molecule has 0 bridgehead atoms. The summed E-state index contributed by atoms with van der Waals surface area (Å²) in [5.41, 5.74) is 0.832. The number of aromatic nitrogens is 2. The summed E-state index contributed by atoms with van der Waals surface area (Å²) in [4.78, 5) is 22.0. The number of anilines is 1. The first-order chi connectivity index (χ1) is 9.47. The molecule has 0 aliphatic heterocycles. The van der Waals surface area contributed by atoms with Crippen molar-refractivity contribution in [3.05, 3.63) is 11.8 Å². The number of methoxy groups -OCH3 is 1. The molecule has 1 aromatic heterocycles. The van der Waals surface area contributed by atoms with E-state index >= 15 is 0 Å². The van der Waals surface area contributed by atoms with Gasteiger partial charge < -0.3 is 14.4 Å².